The van der Waals surface area contributed by atoms with Gasteiger partial charge in [-0.2, -0.15) is 5.10 Å². The molecule has 2 heterocycles. The molecule has 0 aliphatic heterocycles. The quantitative estimate of drug-likeness (QED) is 0.517. The summed E-state index contributed by atoms with van der Waals surface area (Å²) in [6.07, 6.45) is 0.176. The molecule has 0 saturated carbocycles. The molecule has 0 unspecified atom stereocenters. The summed E-state index contributed by atoms with van der Waals surface area (Å²) in [5, 5.41) is 20.7. The molecule has 1 amide bonds. The molecule has 0 bridgehead atoms. The van der Waals surface area contributed by atoms with Gasteiger partial charge in [-0.3, -0.25) is 19.6 Å². The highest BCUT2D eigenvalue weighted by molar-refractivity contribution is 7.09. The van der Waals surface area contributed by atoms with Crippen LogP contribution in [0.3, 0.4) is 0 Å². The summed E-state index contributed by atoms with van der Waals surface area (Å²) in [5.74, 6) is -0.137. The van der Waals surface area contributed by atoms with Gasteiger partial charge in [0.05, 0.1) is 23.6 Å². The topological polar surface area (TPSA) is 103 Å². The van der Waals surface area contributed by atoms with E-state index in [1.54, 1.807) is 18.5 Å². The van der Waals surface area contributed by atoms with E-state index >= 15 is 0 Å². The molecule has 0 atom stereocenters. The fourth-order valence-electron chi connectivity index (χ4n) is 2.74. The Labute approximate surface area is 160 Å². The van der Waals surface area contributed by atoms with Crippen molar-refractivity contribution in [3.05, 3.63) is 67.4 Å². The van der Waals surface area contributed by atoms with Crippen LogP contribution < -0.4 is 5.32 Å². The zero-order valence-corrected chi connectivity index (χ0v) is 16.0. The largest absolute Gasteiger partial charge is 0.326 e. The molecule has 9 heteroatoms. The number of nitrogens with zero attached hydrogens (tertiary/aromatic N) is 4. The van der Waals surface area contributed by atoms with Crippen LogP contribution in [0.15, 0.2) is 29.6 Å². The van der Waals surface area contributed by atoms with E-state index in [2.05, 4.69) is 15.4 Å². The fourth-order valence-corrected chi connectivity index (χ4v) is 3.52. The van der Waals surface area contributed by atoms with Gasteiger partial charge >= 0.3 is 5.69 Å². The predicted octanol–water partition coefficient (Wildman–Crippen LogP) is 3.40. The molecule has 8 nitrogen and oxygen atoms in total. The van der Waals surface area contributed by atoms with Crippen LogP contribution in [0.2, 0.25) is 0 Å². The van der Waals surface area contributed by atoms with Crippen LogP contribution >= 0.6 is 11.3 Å². The van der Waals surface area contributed by atoms with Gasteiger partial charge in [0.25, 0.3) is 0 Å². The van der Waals surface area contributed by atoms with Crippen LogP contribution in [-0.4, -0.2) is 25.6 Å². The number of nitrogens with one attached hydrogen (secondary N) is 1. The Kier molecular flexibility index (Phi) is 5.31. The van der Waals surface area contributed by atoms with Crippen molar-refractivity contribution in [3.63, 3.8) is 0 Å². The third-order valence-corrected chi connectivity index (χ3v) is 4.98. The zero-order valence-electron chi connectivity index (χ0n) is 15.2. The van der Waals surface area contributed by atoms with Crippen LogP contribution in [0.4, 0.5) is 11.4 Å². The molecule has 27 heavy (non-hydrogen) atoms. The molecule has 0 aliphatic rings. The van der Waals surface area contributed by atoms with Gasteiger partial charge in [-0.25, -0.2) is 4.98 Å². The van der Waals surface area contributed by atoms with E-state index in [1.807, 2.05) is 36.6 Å². The van der Waals surface area contributed by atoms with Gasteiger partial charge in [0, 0.05) is 11.1 Å². The normalized spacial score (nSPS) is 10.8. The van der Waals surface area contributed by atoms with E-state index in [1.165, 1.54) is 11.3 Å². The maximum atomic E-state index is 12.2. The van der Waals surface area contributed by atoms with Crippen molar-refractivity contribution in [1.82, 2.24) is 14.8 Å². The molecule has 3 rings (SSSR count). The van der Waals surface area contributed by atoms with E-state index in [0.717, 1.165) is 16.9 Å². The number of thiazole rings is 1. The van der Waals surface area contributed by atoms with Gasteiger partial charge < -0.3 is 5.32 Å². The van der Waals surface area contributed by atoms with Crippen LogP contribution in [0.5, 0.6) is 0 Å². The van der Waals surface area contributed by atoms with E-state index in [-0.39, 0.29) is 18.0 Å². The van der Waals surface area contributed by atoms with Crippen LogP contribution in [0.25, 0.3) is 0 Å². The Bertz CT molecular complexity index is 991. The van der Waals surface area contributed by atoms with E-state index in [0.29, 0.717) is 22.9 Å². The molecule has 0 fully saturated rings. The van der Waals surface area contributed by atoms with Crippen molar-refractivity contribution in [2.75, 3.05) is 5.32 Å². The second-order valence-electron chi connectivity index (χ2n) is 6.26. The number of nitro groups is 1. The number of aryl methyl sites for hydroxylation is 2. The Morgan fingerprint density at radius 2 is 1.96 bits per heavy atom. The maximum Gasteiger partial charge on any atom is 0.312 e. The number of aromatic nitrogens is 3. The molecule has 0 radical (unpaired) electrons. The summed E-state index contributed by atoms with van der Waals surface area (Å²) >= 11 is 1.39. The summed E-state index contributed by atoms with van der Waals surface area (Å²) in [5.41, 5.74) is 3.50. The van der Waals surface area contributed by atoms with Gasteiger partial charge in [-0.15, -0.1) is 11.3 Å². The molecule has 140 valence electrons. The predicted molar refractivity (Wildman–Crippen MR) is 103 cm³/mol. The Balaban J connectivity index is 1.65. The first-order valence-corrected chi connectivity index (χ1v) is 9.19. The van der Waals surface area contributed by atoms with Crippen molar-refractivity contribution >= 4 is 28.6 Å². The lowest BCUT2D eigenvalue weighted by Gasteiger charge is -2.04. The lowest BCUT2D eigenvalue weighted by Crippen LogP contribution is -2.14. The first kappa shape index (κ1) is 18.7. The first-order valence-electron chi connectivity index (χ1n) is 8.31. The smallest absolute Gasteiger partial charge is 0.312 e. The summed E-state index contributed by atoms with van der Waals surface area (Å²) in [6.45, 7) is 5.60. The summed E-state index contributed by atoms with van der Waals surface area (Å²) in [7, 11) is 0. The molecule has 2 aromatic heterocycles. The molecule has 0 saturated heterocycles. The van der Waals surface area contributed by atoms with Crippen molar-refractivity contribution in [1.29, 1.82) is 0 Å². The highest BCUT2D eigenvalue weighted by atomic mass is 32.1. The highest BCUT2D eigenvalue weighted by Crippen LogP contribution is 2.23. The fraction of sp³-hybridized carbons (Fsp3) is 0.278. The zero-order chi connectivity index (χ0) is 19.6. The Hall–Kier alpha value is -3.07. The minimum atomic E-state index is -0.421. The number of hydrogen-bond acceptors (Lipinski definition) is 6. The summed E-state index contributed by atoms with van der Waals surface area (Å²) < 4.78 is 1.57. The standard InChI is InChI=1S/C18H19N5O3S/c1-11-4-6-14(7-5-11)19-16(24)8-17-20-15(10-27-17)9-22-13(3)18(23(25)26)12(2)21-22/h4-7,10H,8-9H2,1-3H3,(H,19,24). The molecule has 1 aromatic carbocycles. The minimum Gasteiger partial charge on any atom is -0.326 e. The lowest BCUT2D eigenvalue weighted by molar-refractivity contribution is -0.386. The average Bonchev–Trinajstić information content (AvgIpc) is 3.14. The number of anilines is 1. The number of amides is 1. The third kappa shape index (κ3) is 4.37. The highest BCUT2D eigenvalue weighted by Gasteiger charge is 2.22. The Morgan fingerprint density at radius 3 is 2.59 bits per heavy atom. The van der Waals surface area contributed by atoms with E-state index in [9.17, 15) is 14.9 Å². The number of benzene rings is 1. The second-order valence-corrected chi connectivity index (χ2v) is 7.20. The Morgan fingerprint density at radius 1 is 1.26 bits per heavy atom. The minimum absolute atomic E-state index is 0.0305. The van der Waals surface area contributed by atoms with Crippen molar-refractivity contribution in [3.8, 4) is 0 Å². The van der Waals surface area contributed by atoms with E-state index < -0.39 is 4.92 Å². The number of rotatable bonds is 6. The molecular formula is C18H19N5O3S. The van der Waals surface area contributed by atoms with E-state index in [4.69, 9.17) is 0 Å². The van der Waals surface area contributed by atoms with Crippen molar-refractivity contribution in [2.24, 2.45) is 0 Å². The van der Waals surface area contributed by atoms with Crippen LogP contribution in [0.1, 0.15) is 27.7 Å². The van der Waals surface area contributed by atoms with Gasteiger partial charge in [0.1, 0.15) is 16.4 Å². The second kappa shape index (κ2) is 7.67. The van der Waals surface area contributed by atoms with Crippen LogP contribution in [0, 0.1) is 30.9 Å². The number of hydrogen-bond donors (Lipinski definition) is 1. The molecule has 1 N–H and O–H groups in total. The summed E-state index contributed by atoms with van der Waals surface area (Å²) in [4.78, 5) is 27.3. The maximum absolute atomic E-state index is 12.2. The van der Waals surface area contributed by atoms with Crippen LogP contribution in [-0.2, 0) is 17.8 Å². The summed E-state index contributed by atoms with van der Waals surface area (Å²) in [6, 6.07) is 7.59. The van der Waals surface area contributed by atoms with Crippen molar-refractivity contribution < 1.29 is 9.72 Å². The van der Waals surface area contributed by atoms with Gasteiger partial charge in [0.2, 0.25) is 5.91 Å². The molecular weight excluding hydrogens is 366 g/mol. The molecule has 0 spiro atoms. The number of carbonyl (C=O) groups excluding carboxylic acids is 1. The molecule has 3 aromatic rings. The lowest BCUT2D eigenvalue weighted by atomic mass is 10.2. The van der Waals surface area contributed by atoms with Crippen molar-refractivity contribution in [2.45, 2.75) is 33.7 Å². The SMILES string of the molecule is Cc1ccc(NC(=O)Cc2nc(Cn3nc(C)c([N+](=O)[O-])c3C)cs2)cc1. The molecule has 0 aliphatic carbocycles. The van der Waals surface area contributed by atoms with Gasteiger partial charge in [-0.1, -0.05) is 17.7 Å². The monoisotopic (exact) mass is 385 g/mol. The van der Waals surface area contributed by atoms with Gasteiger partial charge in [0.15, 0.2) is 0 Å². The average molecular weight is 385 g/mol. The third-order valence-electron chi connectivity index (χ3n) is 4.08. The first-order chi connectivity index (χ1) is 12.8. The number of carbonyl (C=O) groups is 1. The van der Waals surface area contributed by atoms with Gasteiger partial charge in [-0.05, 0) is 32.9 Å².